The molecule has 0 bridgehead atoms. The lowest BCUT2D eigenvalue weighted by Crippen LogP contribution is -2.40. The second kappa shape index (κ2) is 10.1. The van der Waals surface area contributed by atoms with Crippen LogP contribution in [0.5, 0.6) is 17.2 Å². The van der Waals surface area contributed by atoms with Gasteiger partial charge in [0.25, 0.3) is 5.56 Å². The Balaban J connectivity index is 2.01. The lowest BCUT2D eigenvalue weighted by Gasteiger charge is -2.25. The first-order valence-corrected chi connectivity index (χ1v) is 12.3. The van der Waals surface area contributed by atoms with Crippen LogP contribution in [0.1, 0.15) is 31.0 Å². The van der Waals surface area contributed by atoms with E-state index in [1.807, 2.05) is 18.2 Å². The summed E-state index contributed by atoms with van der Waals surface area (Å²) in [5, 5.41) is 10.6. The Kier molecular flexibility index (Phi) is 7.13. The van der Waals surface area contributed by atoms with E-state index in [2.05, 4.69) is 20.9 Å². The number of allylic oxidation sites excluding steroid dienone is 1. The van der Waals surface area contributed by atoms with Gasteiger partial charge in [0.05, 0.1) is 36.6 Å². The predicted molar refractivity (Wildman–Crippen MR) is 136 cm³/mol. The molecule has 0 saturated carbocycles. The number of benzene rings is 2. The van der Waals surface area contributed by atoms with Crippen LogP contribution in [0.15, 0.2) is 61.9 Å². The summed E-state index contributed by atoms with van der Waals surface area (Å²) >= 11 is 4.56. The van der Waals surface area contributed by atoms with Crippen molar-refractivity contribution in [2.24, 2.45) is 4.99 Å². The number of fused-ring (bicyclic) bond motifs is 1. The largest absolute Gasteiger partial charge is 0.504 e. The normalized spacial score (nSPS) is 15.5. The fourth-order valence-electron chi connectivity index (χ4n) is 3.98. The predicted octanol–water partition coefficient (Wildman–Crippen LogP) is 3.28. The minimum atomic E-state index is -0.797. The summed E-state index contributed by atoms with van der Waals surface area (Å²) in [5.74, 6) is 0.156. The molecule has 0 amide bonds. The molecular weight excluding hydrogens is 536 g/mol. The van der Waals surface area contributed by atoms with Gasteiger partial charge in [0.1, 0.15) is 11.8 Å². The van der Waals surface area contributed by atoms with Gasteiger partial charge in [-0.05, 0) is 38.1 Å². The molecule has 1 atom stereocenters. The molecule has 0 aliphatic carbocycles. The highest BCUT2D eigenvalue weighted by Crippen LogP contribution is 2.36. The van der Waals surface area contributed by atoms with Gasteiger partial charge < -0.3 is 19.3 Å². The number of para-hydroxylation sites is 1. The monoisotopic (exact) mass is 558 g/mol. The van der Waals surface area contributed by atoms with E-state index in [0.29, 0.717) is 36.4 Å². The van der Waals surface area contributed by atoms with Gasteiger partial charge in [-0.25, -0.2) is 9.79 Å². The van der Waals surface area contributed by atoms with E-state index in [0.717, 1.165) is 11.3 Å². The maximum atomic E-state index is 13.7. The molecule has 1 aliphatic rings. The zero-order chi connectivity index (χ0) is 25.3. The number of phenolic OH excluding ortho intramolecular Hbond substituents is 1. The molecule has 8 nitrogen and oxygen atoms in total. The summed E-state index contributed by atoms with van der Waals surface area (Å²) < 4.78 is 18.6. The number of phenols is 1. The number of aromatic hydroxyl groups is 1. The maximum absolute atomic E-state index is 13.7. The third-order valence-electron chi connectivity index (χ3n) is 5.53. The highest BCUT2D eigenvalue weighted by Gasteiger charge is 2.35. The van der Waals surface area contributed by atoms with Gasteiger partial charge in [-0.3, -0.25) is 9.36 Å². The second-order valence-electron chi connectivity index (χ2n) is 7.59. The van der Waals surface area contributed by atoms with Crippen LogP contribution in [-0.2, 0) is 9.53 Å². The molecule has 35 heavy (non-hydrogen) atoms. The molecule has 1 unspecified atom stereocenters. The molecule has 3 aromatic rings. The van der Waals surface area contributed by atoms with Crippen molar-refractivity contribution in [1.82, 2.24) is 4.57 Å². The van der Waals surface area contributed by atoms with Crippen molar-refractivity contribution in [3.63, 3.8) is 0 Å². The van der Waals surface area contributed by atoms with Gasteiger partial charge in [-0.1, -0.05) is 45.5 Å². The highest BCUT2D eigenvalue weighted by atomic mass is 79.9. The first-order chi connectivity index (χ1) is 16.8. The smallest absolute Gasteiger partial charge is 0.338 e. The average molecular weight is 559 g/mol. The number of esters is 1. The SMILES string of the molecule is CCOC(=O)C1=C(C)N=c2s/c(=C\c3cc(Br)cc(OC)c3O)c(=O)n2C1c1ccccc1OC. The quantitative estimate of drug-likeness (QED) is 0.466. The van der Waals surface area contributed by atoms with Crippen molar-refractivity contribution >= 4 is 39.3 Å². The lowest BCUT2D eigenvalue weighted by atomic mass is 9.95. The summed E-state index contributed by atoms with van der Waals surface area (Å²) in [6.45, 7) is 3.62. The van der Waals surface area contributed by atoms with Crippen molar-refractivity contribution < 1.29 is 24.1 Å². The highest BCUT2D eigenvalue weighted by molar-refractivity contribution is 9.10. The van der Waals surface area contributed by atoms with E-state index in [4.69, 9.17) is 14.2 Å². The molecule has 182 valence electrons. The Bertz CT molecular complexity index is 1520. The molecule has 2 heterocycles. The van der Waals surface area contributed by atoms with E-state index < -0.39 is 12.0 Å². The number of carbonyl (C=O) groups is 1. The third kappa shape index (κ3) is 4.51. The van der Waals surface area contributed by atoms with Gasteiger partial charge in [0.15, 0.2) is 16.3 Å². The zero-order valence-electron chi connectivity index (χ0n) is 19.5. The molecule has 0 radical (unpaired) electrons. The summed E-state index contributed by atoms with van der Waals surface area (Å²) in [5.41, 5.74) is 1.39. The van der Waals surface area contributed by atoms with Crippen LogP contribution in [0.4, 0.5) is 0 Å². The standard InChI is InChI=1S/C25H23BrN2O6S/c1-5-34-24(31)20-13(2)27-25-28(21(20)16-8-6-7-9-17(16)32-3)23(30)19(35-25)11-14-10-15(26)12-18(33-4)22(14)29/h6-12,21,29H,5H2,1-4H3/b19-11-. The molecule has 0 saturated heterocycles. The van der Waals surface area contributed by atoms with Crippen LogP contribution in [-0.4, -0.2) is 36.5 Å². The summed E-state index contributed by atoms with van der Waals surface area (Å²) in [6, 6.07) is 9.73. The van der Waals surface area contributed by atoms with E-state index >= 15 is 0 Å². The lowest BCUT2D eigenvalue weighted by molar-refractivity contribution is -0.139. The van der Waals surface area contributed by atoms with Crippen molar-refractivity contribution in [3.8, 4) is 17.2 Å². The molecule has 0 spiro atoms. The summed E-state index contributed by atoms with van der Waals surface area (Å²) in [4.78, 5) is 31.7. The Morgan fingerprint density at radius 3 is 2.63 bits per heavy atom. The van der Waals surface area contributed by atoms with Crippen molar-refractivity contribution in [2.75, 3.05) is 20.8 Å². The minimum absolute atomic E-state index is 0.0915. The van der Waals surface area contributed by atoms with Crippen LogP contribution in [0.2, 0.25) is 0 Å². The molecule has 4 rings (SSSR count). The van der Waals surface area contributed by atoms with E-state index in [-0.39, 0.29) is 29.2 Å². The first kappa shape index (κ1) is 24.7. The number of hydrogen-bond acceptors (Lipinski definition) is 8. The topological polar surface area (TPSA) is 99.4 Å². The Labute approximate surface area is 213 Å². The molecule has 10 heteroatoms. The van der Waals surface area contributed by atoms with Crippen LogP contribution >= 0.6 is 27.3 Å². The van der Waals surface area contributed by atoms with Crippen LogP contribution in [0.25, 0.3) is 6.08 Å². The van der Waals surface area contributed by atoms with Crippen LogP contribution < -0.4 is 24.4 Å². The molecule has 0 fully saturated rings. The van der Waals surface area contributed by atoms with Gasteiger partial charge in [0, 0.05) is 15.6 Å². The number of aromatic nitrogens is 1. The minimum Gasteiger partial charge on any atom is -0.504 e. The maximum Gasteiger partial charge on any atom is 0.338 e. The Morgan fingerprint density at radius 2 is 1.94 bits per heavy atom. The molecular formula is C25H23BrN2O6S. The average Bonchev–Trinajstić information content (AvgIpc) is 3.14. The number of ether oxygens (including phenoxy) is 3. The molecule has 1 aliphatic heterocycles. The van der Waals surface area contributed by atoms with Gasteiger partial charge >= 0.3 is 5.97 Å². The second-order valence-corrected chi connectivity index (χ2v) is 9.51. The van der Waals surface area contributed by atoms with E-state index in [9.17, 15) is 14.7 Å². The van der Waals surface area contributed by atoms with E-state index in [1.165, 1.54) is 18.8 Å². The fraction of sp³-hybridized carbons (Fsp3) is 0.240. The van der Waals surface area contributed by atoms with Gasteiger partial charge in [-0.15, -0.1) is 0 Å². The number of hydrogen-bond donors (Lipinski definition) is 1. The number of nitrogens with zero attached hydrogens (tertiary/aromatic N) is 2. The Morgan fingerprint density at radius 1 is 1.23 bits per heavy atom. The van der Waals surface area contributed by atoms with Crippen molar-refractivity contribution in [2.45, 2.75) is 19.9 Å². The molecule has 2 aromatic carbocycles. The summed E-state index contributed by atoms with van der Waals surface area (Å²) in [6.07, 6.45) is 1.58. The number of methoxy groups -OCH3 is 2. The number of halogens is 1. The number of rotatable bonds is 6. The molecule has 1 N–H and O–H groups in total. The van der Waals surface area contributed by atoms with Crippen molar-refractivity contribution in [3.05, 3.63) is 83.0 Å². The Hall–Kier alpha value is -3.37. The molecule has 1 aromatic heterocycles. The number of thiazole rings is 1. The van der Waals surface area contributed by atoms with Crippen LogP contribution in [0, 0.1) is 0 Å². The fourth-order valence-corrected chi connectivity index (χ4v) is 5.47. The number of carbonyl (C=O) groups excluding carboxylic acids is 1. The summed E-state index contributed by atoms with van der Waals surface area (Å²) in [7, 11) is 2.98. The zero-order valence-corrected chi connectivity index (χ0v) is 21.9. The van der Waals surface area contributed by atoms with Crippen molar-refractivity contribution in [1.29, 1.82) is 0 Å². The van der Waals surface area contributed by atoms with Crippen LogP contribution in [0.3, 0.4) is 0 Å². The van der Waals surface area contributed by atoms with E-state index in [1.54, 1.807) is 38.1 Å². The third-order valence-corrected chi connectivity index (χ3v) is 6.97. The van der Waals surface area contributed by atoms with Gasteiger partial charge in [0.2, 0.25) is 0 Å². The van der Waals surface area contributed by atoms with Gasteiger partial charge in [-0.2, -0.15) is 0 Å². The first-order valence-electron chi connectivity index (χ1n) is 10.7.